The molecule has 1 fully saturated rings. The zero-order chi connectivity index (χ0) is 19.1. The molecule has 0 spiro atoms. The Morgan fingerprint density at radius 1 is 1.11 bits per heavy atom. The van der Waals surface area contributed by atoms with Gasteiger partial charge in [0.15, 0.2) is 0 Å². The Labute approximate surface area is 175 Å². The first-order chi connectivity index (χ1) is 13.1. The number of benzene rings is 2. The van der Waals surface area contributed by atoms with Gasteiger partial charge in [0.05, 0.1) is 26.4 Å². The summed E-state index contributed by atoms with van der Waals surface area (Å²) in [5.74, 6) is -0.878. The van der Waals surface area contributed by atoms with Crippen LogP contribution in [0.1, 0.15) is 12.0 Å². The highest BCUT2D eigenvalue weighted by atomic mass is 79.9. The fourth-order valence-electron chi connectivity index (χ4n) is 3.17. The molecule has 1 aliphatic heterocycles. The average molecular weight is 453 g/mol. The van der Waals surface area contributed by atoms with Crippen molar-refractivity contribution in [2.45, 2.75) is 12.2 Å². The lowest BCUT2D eigenvalue weighted by molar-refractivity contribution is -0.757. The third-order valence-corrected chi connectivity index (χ3v) is 4.54. The van der Waals surface area contributed by atoms with Gasteiger partial charge in [-0.3, -0.25) is 4.90 Å². The molecule has 1 unspecified atom stereocenters. The van der Waals surface area contributed by atoms with E-state index in [1.54, 1.807) is 0 Å². The highest BCUT2D eigenvalue weighted by Gasteiger charge is 2.38. The largest absolute Gasteiger partial charge is 0.345 e. The van der Waals surface area contributed by atoms with Gasteiger partial charge in [-0.05, 0) is 24.6 Å². The van der Waals surface area contributed by atoms with Crippen molar-refractivity contribution in [1.82, 2.24) is 4.90 Å². The van der Waals surface area contributed by atoms with Gasteiger partial charge in [-0.1, -0.05) is 54.6 Å². The summed E-state index contributed by atoms with van der Waals surface area (Å²) in [7, 11) is 2.02. The molecular weight excluding hydrogens is 428 g/mol. The van der Waals surface area contributed by atoms with Crippen molar-refractivity contribution < 1.29 is 19.4 Å². The molecule has 2 aromatic carbocycles. The highest BCUT2D eigenvalue weighted by molar-refractivity contribution is 8.93. The predicted molar refractivity (Wildman–Crippen MR) is 111 cm³/mol. The zero-order valence-corrected chi connectivity index (χ0v) is 17.5. The summed E-state index contributed by atoms with van der Waals surface area (Å²) >= 11 is 0. The van der Waals surface area contributed by atoms with E-state index < -0.39 is 10.9 Å². The number of halogens is 1. The van der Waals surface area contributed by atoms with Crippen LogP contribution >= 0.6 is 17.0 Å². The summed E-state index contributed by atoms with van der Waals surface area (Å²) in [6.45, 7) is 2.29. The minimum Gasteiger partial charge on any atom is -0.345 e. The first-order valence-electron chi connectivity index (χ1n) is 8.99. The Hall–Kier alpha value is -2.00. The van der Waals surface area contributed by atoms with Crippen LogP contribution in [0.15, 0.2) is 54.6 Å². The zero-order valence-electron chi connectivity index (χ0n) is 15.8. The van der Waals surface area contributed by atoms with Gasteiger partial charge in [-0.15, -0.1) is 27.1 Å². The van der Waals surface area contributed by atoms with Crippen molar-refractivity contribution in [2.75, 3.05) is 40.0 Å². The van der Waals surface area contributed by atoms with Crippen LogP contribution in [0, 0.1) is 10.1 Å². The van der Waals surface area contributed by atoms with Crippen molar-refractivity contribution >= 4 is 17.0 Å². The Morgan fingerprint density at radius 2 is 1.79 bits per heavy atom. The van der Waals surface area contributed by atoms with Crippen LogP contribution in [0.3, 0.4) is 0 Å². The molecule has 28 heavy (non-hydrogen) atoms. The normalized spacial score (nSPS) is 19.6. The molecule has 0 saturated carbocycles. The fourth-order valence-corrected chi connectivity index (χ4v) is 3.17. The summed E-state index contributed by atoms with van der Waals surface area (Å²) < 4.78 is 12.1. The van der Waals surface area contributed by atoms with E-state index in [9.17, 15) is 10.1 Å². The topological polar surface area (TPSA) is 74.1 Å². The number of ether oxygens (including phenoxy) is 2. The second kappa shape index (κ2) is 10.5. The minimum absolute atomic E-state index is 0. The van der Waals surface area contributed by atoms with E-state index in [4.69, 9.17) is 9.47 Å². The molecule has 1 atom stereocenters. The average Bonchev–Trinajstić information content (AvgIpc) is 2.68. The maximum Gasteiger partial charge on any atom is 0.294 e. The van der Waals surface area contributed by atoms with Gasteiger partial charge in [0, 0.05) is 12.1 Å². The molecule has 0 aliphatic carbocycles. The van der Waals surface area contributed by atoms with E-state index in [1.807, 2.05) is 37.4 Å². The van der Waals surface area contributed by atoms with Crippen LogP contribution in [0.2, 0.25) is 0 Å². The van der Waals surface area contributed by atoms with Gasteiger partial charge in [-0.2, -0.15) is 0 Å². The molecule has 0 bridgehead atoms. The Bertz CT molecular complexity index is 744. The van der Waals surface area contributed by atoms with Crippen molar-refractivity contribution in [3.05, 3.63) is 70.3 Å². The third-order valence-electron chi connectivity index (χ3n) is 4.54. The number of morpholine rings is 1. The molecule has 152 valence electrons. The summed E-state index contributed by atoms with van der Waals surface area (Å²) in [5, 5.41) is 9.46. The molecule has 3 rings (SSSR count). The Balaban J connectivity index is 0.00000280. The smallest absolute Gasteiger partial charge is 0.294 e. The lowest BCUT2D eigenvalue weighted by Gasteiger charge is -2.41. The van der Waals surface area contributed by atoms with E-state index >= 15 is 0 Å². The van der Waals surface area contributed by atoms with Gasteiger partial charge >= 0.3 is 0 Å². The summed E-state index contributed by atoms with van der Waals surface area (Å²) in [5.41, 5.74) is 3.21. The lowest BCUT2D eigenvalue weighted by atomic mass is 9.99. The van der Waals surface area contributed by atoms with Crippen molar-refractivity contribution in [1.29, 1.82) is 0 Å². The molecule has 0 amide bonds. The van der Waals surface area contributed by atoms with E-state index in [0.717, 1.165) is 23.2 Å². The molecule has 2 aromatic rings. The van der Waals surface area contributed by atoms with Crippen LogP contribution in [0.5, 0.6) is 0 Å². The van der Waals surface area contributed by atoms with Crippen LogP contribution in [0.25, 0.3) is 11.1 Å². The first kappa shape index (κ1) is 22.3. The van der Waals surface area contributed by atoms with Crippen molar-refractivity contribution in [2.24, 2.45) is 0 Å². The summed E-state index contributed by atoms with van der Waals surface area (Å²) in [6.07, 6.45) is 0.415. The molecular formula is C20H25BrN2O5. The number of hydrogen-bond acceptors (Lipinski definition) is 6. The number of likely N-dealkylation sites (N-methyl/N-ethyl adjacent to an activating group) is 1. The van der Waals surface area contributed by atoms with Gasteiger partial charge in [-0.25, -0.2) is 0 Å². The van der Waals surface area contributed by atoms with Gasteiger partial charge in [0.2, 0.25) is 5.79 Å². The number of hydrogen-bond donors (Lipinski definition) is 0. The van der Waals surface area contributed by atoms with E-state index in [-0.39, 0.29) is 23.6 Å². The second-order valence-corrected chi connectivity index (χ2v) is 6.54. The van der Waals surface area contributed by atoms with Gasteiger partial charge in [0.1, 0.15) is 0 Å². The van der Waals surface area contributed by atoms with Crippen LogP contribution < -0.4 is 0 Å². The first-order valence-corrected chi connectivity index (χ1v) is 8.99. The summed E-state index contributed by atoms with van der Waals surface area (Å²) in [4.78, 5) is 16.8. The standard InChI is InChI=1S/C20H24N2O5.BrH/c1-21-12-15-26-20(16-21,25-13-5-14-27-22(23)24)19-10-8-18(9-11-19)17-6-3-2-4-7-17;/h2-4,6-11H,5,12-16H2,1H3;1H. The van der Waals surface area contributed by atoms with Crippen LogP contribution in [-0.4, -0.2) is 49.9 Å². The van der Waals surface area contributed by atoms with Gasteiger partial charge < -0.3 is 14.3 Å². The predicted octanol–water partition coefficient (Wildman–Crippen LogP) is 3.66. The SMILES string of the molecule is Br.CN1CCOC(OCCCO[N+](=O)[O-])(c2ccc(-c3ccccc3)cc2)C1. The molecule has 0 N–H and O–H groups in total. The van der Waals surface area contributed by atoms with E-state index in [1.165, 1.54) is 0 Å². The van der Waals surface area contributed by atoms with Crippen molar-refractivity contribution in [3.63, 3.8) is 0 Å². The Morgan fingerprint density at radius 3 is 2.43 bits per heavy atom. The second-order valence-electron chi connectivity index (χ2n) is 6.54. The van der Waals surface area contributed by atoms with Crippen LogP contribution in [0.4, 0.5) is 0 Å². The molecule has 7 nitrogen and oxygen atoms in total. The number of rotatable bonds is 8. The minimum atomic E-state index is -0.878. The van der Waals surface area contributed by atoms with Crippen LogP contribution in [-0.2, 0) is 20.1 Å². The molecule has 1 saturated heterocycles. The highest BCUT2D eigenvalue weighted by Crippen LogP contribution is 2.32. The lowest BCUT2D eigenvalue weighted by Crippen LogP contribution is -2.50. The molecule has 1 heterocycles. The van der Waals surface area contributed by atoms with Crippen molar-refractivity contribution in [3.8, 4) is 11.1 Å². The van der Waals surface area contributed by atoms with Gasteiger partial charge in [0.25, 0.3) is 5.09 Å². The molecule has 1 aliphatic rings. The summed E-state index contributed by atoms with van der Waals surface area (Å²) in [6, 6.07) is 18.3. The van der Waals surface area contributed by atoms with E-state index in [0.29, 0.717) is 26.2 Å². The van der Waals surface area contributed by atoms with E-state index in [2.05, 4.69) is 34.0 Å². The number of nitrogens with zero attached hydrogens (tertiary/aromatic N) is 2. The monoisotopic (exact) mass is 452 g/mol. The fraction of sp³-hybridized carbons (Fsp3) is 0.400. The Kier molecular flexibility index (Phi) is 8.37. The third kappa shape index (κ3) is 5.75. The molecule has 0 aromatic heterocycles. The molecule has 0 radical (unpaired) electrons. The maximum atomic E-state index is 10.3. The molecule has 8 heteroatoms. The maximum absolute atomic E-state index is 10.3. The quantitative estimate of drug-likeness (QED) is 0.345.